The Labute approximate surface area is 133 Å². The lowest BCUT2D eigenvalue weighted by Crippen LogP contribution is -2.50. The second-order valence-corrected chi connectivity index (χ2v) is 6.19. The van der Waals surface area contributed by atoms with E-state index in [0.717, 1.165) is 37.3 Å². The number of rotatable bonds is 4. The fraction of sp³-hybridized carbons (Fsp3) is 0.467. The van der Waals surface area contributed by atoms with Crippen LogP contribution >= 0.6 is 0 Å². The highest BCUT2D eigenvalue weighted by atomic mass is 16.3. The molecule has 1 aliphatic heterocycles. The first-order valence-electron chi connectivity index (χ1n) is 7.77. The molecule has 0 bridgehead atoms. The molecule has 0 radical (unpaired) electrons. The predicted octanol–water partition coefficient (Wildman–Crippen LogP) is 0.348. The number of imidazole rings is 1. The Kier molecular flexibility index (Phi) is 3.55. The van der Waals surface area contributed by atoms with Crippen LogP contribution in [0.3, 0.4) is 0 Å². The number of β-amino-alcohol motifs (C(OH)–C–C–N with tert-alkyl or cyclic N) is 1. The van der Waals surface area contributed by atoms with E-state index in [-0.39, 0.29) is 0 Å². The summed E-state index contributed by atoms with van der Waals surface area (Å²) >= 11 is 0. The highest BCUT2D eigenvalue weighted by Crippen LogP contribution is 2.24. The molecule has 120 valence electrons. The fourth-order valence-electron chi connectivity index (χ4n) is 3.33. The van der Waals surface area contributed by atoms with Gasteiger partial charge >= 0.3 is 0 Å². The lowest BCUT2D eigenvalue weighted by Gasteiger charge is -2.38. The number of nitrogens with zero attached hydrogens (tertiary/aromatic N) is 7. The highest BCUT2D eigenvalue weighted by Gasteiger charge is 2.34. The molecule has 23 heavy (non-hydrogen) atoms. The standard InChI is InChI=1S/C15H19N7O/c23-15(12-21-6-4-18-19-21)2-1-5-20(11-15)10-13-8-17-14-9-16-3-7-22(13)14/h3-4,6-9,23H,1-2,5,10-12H2. The Morgan fingerprint density at radius 2 is 2.17 bits per heavy atom. The topological polar surface area (TPSA) is 84.4 Å². The smallest absolute Gasteiger partial charge is 0.155 e. The second kappa shape index (κ2) is 5.71. The van der Waals surface area contributed by atoms with Gasteiger partial charge in [-0.25, -0.2) is 9.67 Å². The van der Waals surface area contributed by atoms with Crippen LogP contribution in [0, 0.1) is 0 Å². The Morgan fingerprint density at radius 1 is 1.22 bits per heavy atom. The van der Waals surface area contributed by atoms with E-state index in [4.69, 9.17) is 0 Å². The van der Waals surface area contributed by atoms with Gasteiger partial charge in [0.25, 0.3) is 0 Å². The highest BCUT2D eigenvalue weighted by molar-refractivity contribution is 5.36. The summed E-state index contributed by atoms with van der Waals surface area (Å²) < 4.78 is 3.74. The molecule has 1 fully saturated rings. The summed E-state index contributed by atoms with van der Waals surface area (Å²) in [4.78, 5) is 10.7. The van der Waals surface area contributed by atoms with E-state index < -0.39 is 5.60 Å². The maximum atomic E-state index is 10.9. The van der Waals surface area contributed by atoms with Crippen molar-refractivity contribution >= 4 is 5.65 Å². The van der Waals surface area contributed by atoms with Gasteiger partial charge in [0.1, 0.15) is 0 Å². The van der Waals surface area contributed by atoms with Gasteiger partial charge in [0, 0.05) is 31.7 Å². The van der Waals surface area contributed by atoms with E-state index >= 15 is 0 Å². The average Bonchev–Trinajstić information content (AvgIpc) is 3.17. The molecule has 0 aliphatic carbocycles. The van der Waals surface area contributed by atoms with Crippen molar-refractivity contribution in [2.75, 3.05) is 13.1 Å². The Balaban J connectivity index is 1.49. The molecular formula is C15H19N7O. The Morgan fingerprint density at radius 3 is 3.04 bits per heavy atom. The zero-order valence-corrected chi connectivity index (χ0v) is 12.8. The molecule has 3 aromatic rings. The Hall–Kier alpha value is -2.32. The number of aromatic nitrogens is 6. The van der Waals surface area contributed by atoms with Crippen LogP contribution in [0.15, 0.2) is 37.2 Å². The molecule has 1 N–H and O–H groups in total. The summed E-state index contributed by atoms with van der Waals surface area (Å²) in [6.45, 7) is 2.81. The first kappa shape index (κ1) is 14.3. The number of likely N-dealkylation sites (tertiary alicyclic amines) is 1. The number of piperidine rings is 1. The third kappa shape index (κ3) is 2.95. The summed E-state index contributed by atoms with van der Waals surface area (Å²) in [6, 6.07) is 0. The van der Waals surface area contributed by atoms with Crippen LogP contribution in [0.25, 0.3) is 5.65 Å². The maximum absolute atomic E-state index is 10.9. The van der Waals surface area contributed by atoms with Gasteiger partial charge in [-0.2, -0.15) is 0 Å². The van der Waals surface area contributed by atoms with Gasteiger partial charge in [0.05, 0.1) is 36.4 Å². The van der Waals surface area contributed by atoms with Crippen molar-refractivity contribution in [2.24, 2.45) is 0 Å². The molecule has 1 aliphatic rings. The van der Waals surface area contributed by atoms with Crippen LogP contribution in [0.1, 0.15) is 18.5 Å². The zero-order valence-electron chi connectivity index (χ0n) is 12.8. The largest absolute Gasteiger partial charge is 0.387 e. The average molecular weight is 313 g/mol. The normalized spacial score (nSPS) is 22.7. The molecular weight excluding hydrogens is 294 g/mol. The van der Waals surface area contributed by atoms with Crippen LogP contribution in [0.4, 0.5) is 0 Å². The molecule has 4 heterocycles. The van der Waals surface area contributed by atoms with Gasteiger partial charge in [0.15, 0.2) is 5.65 Å². The van der Waals surface area contributed by atoms with Crippen LogP contribution in [-0.4, -0.2) is 58.1 Å². The van der Waals surface area contributed by atoms with Gasteiger partial charge in [0.2, 0.25) is 0 Å². The Bertz CT molecular complexity index is 784. The van der Waals surface area contributed by atoms with E-state index in [9.17, 15) is 5.11 Å². The third-order valence-electron chi connectivity index (χ3n) is 4.34. The van der Waals surface area contributed by atoms with E-state index in [1.807, 2.05) is 16.8 Å². The first-order valence-corrected chi connectivity index (χ1v) is 7.77. The number of fused-ring (bicyclic) bond motifs is 1. The lowest BCUT2D eigenvalue weighted by atomic mass is 9.92. The van der Waals surface area contributed by atoms with Crippen molar-refractivity contribution in [3.8, 4) is 0 Å². The van der Waals surface area contributed by atoms with Gasteiger partial charge in [-0.15, -0.1) is 5.10 Å². The van der Waals surface area contributed by atoms with Crippen molar-refractivity contribution in [2.45, 2.75) is 31.5 Å². The molecule has 1 saturated heterocycles. The van der Waals surface area contributed by atoms with E-state index in [1.165, 1.54) is 0 Å². The molecule has 0 aromatic carbocycles. The van der Waals surface area contributed by atoms with Crippen LogP contribution in [0.5, 0.6) is 0 Å². The molecule has 8 heteroatoms. The summed E-state index contributed by atoms with van der Waals surface area (Å²) in [6.07, 6.45) is 12.5. The summed E-state index contributed by atoms with van der Waals surface area (Å²) in [5.41, 5.74) is 1.18. The summed E-state index contributed by atoms with van der Waals surface area (Å²) in [7, 11) is 0. The van der Waals surface area contributed by atoms with Crippen molar-refractivity contribution in [1.29, 1.82) is 0 Å². The van der Waals surface area contributed by atoms with E-state index in [1.54, 1.807) is 29.5 Å². The number of hydrogen-bond acceptors (Lipinski definition) is 6. The molecule has 0 spiro atoms. The van der Waals surface area contributed by atoms with Crippen molar-refractivity contribution in [3.05, 3.63) is 42.9 Å². The minimum atomic E-state index is -0.770. The number of aliphatic hydroxyl groups is 1. The molecule has 8 nitrogen and oxygen atoms in total. The van der Waals surface area contributed by atoms with Gasteiger partial charge in [-0.1, -0.05) is 5.21 Å². The third-order valence-corrected chi connectivity index (χ3v) is 4.34. The number of hydrogen-bond donors (Lipinski definition) is 1. The minimum Gasteiger partial charge on any atom is -0.387 e. The summed E-state index contributed by atoms with van der Waals surface area (Å²) in [5.74, 6) is 0. The molecule has 4 rings (SSSR count). The quantitative estimate of drug-likeness (QED) is 0.748. The SMILES string of the molecule is OC1(Cn2ccnn2)CCCN(Cc2cnc3cnccn23)C1. The molecule has 0 saturated carbocycles. The first-order chi connectivity index (χ1) is 11.2. The van der Waals surface area contributed by atoms with Crippen molar-refractivity contribution in [3.63, 3.8) is 0 Å². The van der Waals surface area contributed by atoms with E-state index in [0.29, 0.717) is 13.1 Å². The lowest BCUT2D eigenvalue weighted by molar-refractivity contribution is -0.0481. The predicted molar refractivity (Wildman–Crippen MR) is 82.5 cm³/mol. The van der Waals surface area contributed by atoms with Gasteiger partial charge < -0.3 is 5.11 Å². The monoisotopic (exact) mass is 313 g/mol. The van der Waals surface area contributed by atoms with Gasteiger partial charge in [-0.3, -0.25) is 14.3 Å². The molecule has 0 amide bonds. The zero-order chi connectivity index (χ0) is 15.7. The summed E-state index contributed by atoms with van der Waals surface area (Å²) in [5, 5.41) is 18.7. The van der Waals surface area contributed by atoms with Crippen LogP contribution < -0.4 is 0 Å². The maximum Gasteiger partial charge on any atom is 0.155 e. The van der Waals surface area contributed by atoms with Crippen molar-refractivity contribution < 1.29 is 5.11 Å². The molecule has 3 aromatic heterocycles. The fourth-order valence-corrected chi connectivity index (χ4v) is 3.33. The molecule has 1 atom stereocenters. The van der Waals surface area contributed by atoms with Crippen LogP contribution in [0.2, 0.25) is 0 Å². The minimum absolute atomic E-state index is 0.473. The molecule has 1 unspecified atom stereocenters. The van der Waals surface area contributed by atoms with E-state index in [2.05, 4.69) is 25.2 Å². The second-order valence-electron chi connectivity index (χ2n) is 6.19. The van der Waals surface area contributed by atoms with Gasteiger partial charge in [-0.05, 0) is 19.4 Å². The van der Waals surface area contributed by atoms with Crippen LogP contribution in [-0.2, 0) is 13.1 Å². The van der Waals surface area contributed by atoms with Crippen molar-refractivity contribution in [1.82, 2.24) is 34.3 Å².